The Labute approximate surface area is 132 Å². The van der Waals surface area contributed by atoms with Gasteiger partial charge in [0.1, 0.15) is 6.54 Å². The van der Waals surface area contributed by atoms with Crippen LogP contribution in [0.15, 0.2) is 17.4 Å². The minimum Gasteiger partial charge on any atom is -0.347 e. The second kappa shape index (κ2) is 7.84. The van der Waals surface area contributed by atoms with Crippen LogP contribution >= 0.6 is 0 Å². The summed E-state index contributed by atoms with van der Waals surface area (Å²) in [5.41, 5.74) is 0.943. The number of hydrogen-bond acceptors (Lipinski definition) is 3. The molecule has 0 spiro atoms. The number of carbonyl (C=O) groups is 1. The molecule has 10 heteroatoms. The summed E-state index contributed by atoms with van der Waals surface area (Å²) in [6.45, 7) is -1.05. The summed E-state index contributed by atoms with van der Waals surface area (Å²) in [4.78, 5) is 18.1. The number of halogens is 3. The summed E-state index contributed by atoms with van der Waals surface area (Å²) < 4.78 is 38.4. The molecule has 1 heterocycles. The van der Waals surface area contributed by atoms with Gasteiger partial charge in [0.05, 0.1) is 12.7 Å². The smallest absolute Gasteiger partial charge is 0.347 e. The van der Waals surface area contributed by atoms with E-state index in [9.17, 15) is 18.0 Å². The van der Waals surface area contributed by atoms with Crippen LogP contribution in [0.5, 0.6) is 0 Å². The number of alkyl halides is 3. The van der Waals surface area contributed by atoms with Crippen molar-refractivity contribution in [1.82, 2.24) is 24.9 Å². The lowest BCUT2D eigenvalue weighted by molar-refractivity contribution is -0.157. The van der Waals surface area contributed by atoms with Crippen molar-refractivity contribution in [1.29, 1.82) is 0 Å². The number of amides is 1. The van der Waals surface area contributed by atoms with Crippen molar-refractivity contribution in [2.75, 3.05) is 34.2 Å². The van der Waals surface area contributed by atoms with Gasteiger partial charge in [0.15, 0.2) is 5.96 Å². The van der Waals surface area contributed by atoms with E-state index in [4.69, 9.17) is 0 Å². The number of nitrogens with one attached hydrogen (secondary N) is 1. The van der Waals surface area contributed by atoms with Crippen LogP contribution in [0, 0.1) is 0 Å². The lowest BCUT2D eigenvalue weighted by Gasteiger charge is -2.23. The number of aromatic nitrogens is 2. The number of aliphatic imine (C=N–C) groups is 1. The fraction of sp³-hybridized carbons (Fsp3) is 0.615. The summed E-state index contributed by atoms with van der Waals surface area (Å²) >= 11 is 0. The molecule has 130 valence electrons. The van der Waals surface area contributed by atoms with Gasteiger partial charge in [-0.1, -0.05) is 0 Å². The second-order valence-electron chi connectivity index (χ2n) is 5.14. The van der Waals surface area contributed by atoms with Crippen molar-refractivity contribution in [3.63, 3.8) is 0 Å². The lowest BCUT2D eigenvalue weighted by atomic mass is 10.3. The predicted molar refractivity (Wildman–Crippen MR) is 79.7 cm³/mol. The maximum absolute atomic E-state index is 12.2. The number of carbonyl (C=O) groups excluding carboxylic acids is 1. The zero-order valence-electron chi connectivity index (χ0n) is 13.6. The third kappa shape index (κ3) is 6.57. The molecule has 0 atom stereocenters. The highest BCUT2D eigenvalue weighted by Gasteiger charge is 2.31. The van der Waals surface area contributed by atoms with Gasteiger partial charge in [-0.15, -0.1) is 0 Å². The SMILES string of the molecule is CN=C(NCC(=O)N(C)CC(F)(F)F)N(C)Cc1cnn(C)c1. The average molecular weight is 334 g/mol. The number of rotatable bonds is 5. The summed E-state index contributed by atoms with van der Waals surface area (Å²) in [5.74, 6) is -0.263. The predicted octanol–water partition coefficient (Wildman–Crippen LogP) is 0.448. The normalized spacial score (nSPS) is 12.2. The molecule has 0 aliphatic heterocycles. The standard InChI is InChI=1S/C13H21F3N6O/c1-17-12(20(2)7-10-5-19-22(4)8-10)18-6-11(23)21(3)9-13(14,15)16/h5,8H,6-7,9H2,1-4H3,(H,17,18). The van der Waals surface area contributed by atoms with Crippen molar-refractivity contribution >= 4 is 11.9 Å². The Hall–Kier alpha value is -2.26. The van der Waals surface area contributed by atoms with Gasteiger partial charge in [0.2, 0.25) is 5.91 Å². The third-order valence-electron chi connectivity index (χ3n) is 2.99. The Morgan fingerprint density at radius 2 is 2.04 bits per heavy atom. The average Bonchev–Trinajstić information content (AvgIpc) is 2.82. The van der Waals surface area contributed by atoms with E-state index in [2.05, 4.69) is 15.4 Å². The Morgan fingerprint density at radius 1 is 1.39 bits per heavy atom. The van der Waals surface area contributed by atoms with E-state index in [1.807, 2.05) is 6.20 Å². The summed E-state index contributed by atoms with van der Waals surface area (Å²) in [6, 6.07) is 0. The van der Waals surface area contributed by atoms with E-state index < -0.39 is 18.6 Å². The second-order valence-corrected chi connectivity index (χ2v) is 5.14. The maximum Gasteiger partial charge on any atom is 0.406 e. The topological polar surface area (TPSA) is 65.8 Å². The van der Waals surface area contributed by atoms with Crippen LogP contribution in [0.1, 0.15) is 5.56 Å². The first-order valence-electron chi connectivity index (χ1n) is 6.82. The maximum atomic E-state index is 12.2. The highest BCUT2D eigenvalue weighted by atomic mass is 19.4. The van der Waals surface area contributed by atoms with E-state index in [0.29, 0.717) is 17.4 Å². The van der Waals surface area contributed by atoms with Gasteiger partial charge < -0.3 is 15.1 Å². The van der Waals surface area contributed by atoms with Gasteiger partial charge >= 0.3 is 6.18 Å². The first kappa shape index (κ1) is 18.8. The van der Waals surface area contributed by atoms with Gasteiger partial charge in [-0.3, -0.25) is 14.5 Å². The van der Waals surface area contributed by atoms with Crippen molar-refractivity contribution in [3.05, 3.63) is 18.0 Å². The molecule has 0 aliphatic rings. The fourth-order valence-electron chi connectivity index (χ4n) is 1.93. The van der Waals surface area contributed by atoms with Crippen molar-refractivity contribution < 1.29 is 18.0 Å². The number of aryl methyl sites for hydroxylation is 1. The first-order valence-corrected chi connectivity index (χ1v) is 6.82. The van der Waals surface area contributed by atoms with Crippen LogP contribution in [0.25, 0.3) is 0 Å². The molecule has 1 N–H and O–H groups in total. The quantitative estimate of drug-likeness (QED) is 0.627. The molecule has 0 aromatic carbocycles. The molecule has 0 bridgehead atoms. The van der Waals surface area contributed by atoms with Crippen molar-refractivity contribution in [2.24, 2.45) is 12.0 Å². The molecule has 0 fully saturated rings. The van der Waals surface area contributed by atoms with Gasteiger partial charge in [-0.05, 0) is 0 Å². The summed E-state index contributed by atoms with van der Waals surface area (Å²) in [5, 5.41) is 6.80. The highest BCUT2D eigenvalue weighted by Crippen LogP contribution is 2.15. The van der Waals surface area contributed by atoms with E-state index in [-0.39, 0.29) is 6.54 Å². The molecular formula is C13H21F3N6O. The van der Waals surface area contributed by atoms with E-state index in [1.165, 1.54) is 7.05 Å². The largest absolute Gasteiger partial charge is 0.406 e. The molecular weight excluding hydrogens is 313 g/mol. The summed E-state index contributed by atoms with van der Waals surface area (Å²) in [7, 11) is 6.20. The molecule has 23 heavy (non-hydrogen) atoms. The first-order chi connectivity index (χ1) is 10.6. The number of hydrogen-bond donors (Lipinski definition) is 1. The van der Waals surface area contributed by atoms with E-state index >= 15 is 0 Å². The van der Waals surface area contributed by atoms with Crippen LogP contribution < -0.4 is 5.32 Å². The molecule has 1 aromatic rings. The van der Waals surface area contributed by atoms with Crippen LogP contribution in [-0.4, -0.2) is 71.9 Å². The van der Waals surface area contributed by atoms with Crippen molar-refractivity contribution in [3.8, 4) is 0 Å². The molecule has 1 rings (SSSR count). The van der Waals surface area contributed by atoms with Gasteiger partial charge in [0.25, 0.3) is 0 Å². The van der Waals surface area contributed by atoms with Crippen LogP contribution in [0.3, 0.4) is 0 Å². The van der Waals surface area contributed by atoms with Crippen LogP contribution in [0.2, 0.25) is 0 Å². The Kier molecular flexibility index (Phi) is 6.40. The van der Waals surface area contributed by atoms with Gasteiger partial charge in [-0.25, -0.2) is 0 Å². The molecule has 0 saturated carbocycles. The Bertz CT molecular complexity index is 554. The molecule has 7 nitrogen and oxygen atoms in total. The zero-order valence-corrected chi connectivity index (χ0v) is 13.6. The van der Waals surface area contributed by atoms with Gasteiger partial charge in [-0.2, -0.15) is 18.3 Å². The lowest BCUT2D eigenvalue weighted by Crippen LogP contribution is -2.45. The molecule has 0 aliphatic carbocycles. The molecule has 0 saturated heterocycles. The Balaban J connectivity index is 2.51. The zero-order chi connectivity index (χ0) is 17.6. The summed E-state index contributed by atoms with van der Waals surface area (Å²) in [6.07, 6.45) is -0.874. The highest BCUT2D eigenvalue weighted by molar-refractivity contribution is 5.86. The fourth-order valence-corrected chi connectivity index (χ4v) is 1.93. The number of guanidine groups is 1. The molecule has 0 unspecified atom stereocenters. The Morgan fingerprint density at radius 3 is 2.52 bits per heavy atom. The minimum absolute atomic E-state index is 0.267. The third-order valence-corrected chi connectivity index (χ3v) is 2.99. The molecule has 1 aromatic heterocycles. The minimum atomic E-state index is -4.41. The van der Waals surface area contributed by atoms with Crippen LogP contribution in [0.4, 0.5) is 13.2 Å². The molecule has 1 amide bonds. The van der Waals surface area contributed by atoms with Crippen LogP contribution in [-0.2, 0) is 18.4 Å². The van der Waals surface area contributed by atoms with Gasteiger partial charge in [0, 0.05) is 46.5 Å². The monoisotopic (exact) mass is 334 g/mol. The molecule has 0 radical (unpaired) electrons. The van der Waals surface area contributed by atoms with E-state index in [0.717, 1.165) is 12.6 Å². The number of nitrogens with zero attached hydrogens (tertiary/aromatic N) is 5. The van der Waals surface area contributed by atoms with E-state index in [1.54, 1.807) is 29.9 Å². The number of likely N-dealkylation sites (N-methyl/N-ethyl adjacent to an activating group) is 1. The van der Waals surface area contributed by atoms with Crippen molar-refractivity contribution in [2.45, 2.75) is 12.7 Å².